The van der Waals surface area contributed by atoms with E-state index in [2.05, 4.69) is 10.2 Å². The van der Waals surface area contributed by atoms with Crippen LogP contribution < -0.4 is 5.32 Å². The molecule has 1 amide bonds. The van der Waals surface area contributed by atoms with E-state index in [1.807, 2.05) is 39.6 Å². The Balaban J connectivity index is 2.48. The van der Waals surface area contributed by atoms with Gasteiger partial charge in [0.05, 0.1) is 6.04 Å². The molecule has 4 heteroatoms. The minimum atomic E-state index is -0.120. The molecule has 1 fully saturated rings. The van der Waals surface area contributed by atoms with E-state index < -0.39 is 0 Å². The molecule has 0 radical (unpaired) electrons. The predicted molar refractivity (Wildman–Crippen MR) is 56.8 cm³/mol. The third-order valence-electron chi connectivity index (χ3n) is 1.90. The zero-order valence-corrected chi connectivity index (χ0v) is 9.57. The molecular weight excluding hydrogens is 184 g/mol. The molecule has 1 rings (SSSR count). The SMILES string of the molecule is CN1CSCC1C(=O)NC(C)(C)C. The van der Waals surface area contributed by atoms with Crippen LogP contribution in [0.4, 0.5) is 0 Å². The molecule has 1 aliphatic heterocycles. The van der Waals surface area contributed by atoms with Gasteiger partial charge in [-0.05, 0) is 27.8 Å². The first-order valence-corrected chi connectivity index (χ1v) is 5.65. The molecule has 0 spiro atoms. The highest BCUT2D eigenvalue weighted by atomic mass is 32.2. The Morgan fingerprint density at radius 1 is 1.54 bits per heavy atom. The maximum absolute atomic E-state index is 11.7. The van der Waals surface area contributed by atoms with Crippen LogP contribution in [0.25, 0.3) is 0 Å². The van der Waals surface area contributed by atoms with E-state index in [-0.39, 0.29) is 17.5 Å². The van der Waals surface area contributed by atoms with Crippen molar-refractivity contribution >= 4 is 17.7 Å². The van der Waals surface area contributed by atoms with E-state index in [1.165, 1.54) is 0 Å². The lowest BCUT2D eigenvalue weighted by atomic mass is 10.1. The van der Waals surface area contributed by atoms with Gasteiger partial charge < -0.3 is 5.32 Å². The summed E-state index contributed by atoms with van der Waals surface area (Å²) in [4.78, 5) is 13.8. The summed E-state index contributed by atoms with van der Waals surface area (Å²) in [6.45, 7) is 6.02. The summed E-state index contributed by atoms with van der Waals surface area (Å²) in [6.07, 6.45) is 0. The van der Waals surface area contributed by atoms with E-state index in [0.717, 1.165) is 11.6 Å². The van der Waals surface area contributed by atoms with Crippen LogP contribution in [0.2, 0.25) is 0 Å². The average molecular weight is 202 g/mol. The molecule has 0 saturated carbocycles. The van der Waals surface area contributed by atoms with Gasteiger partial charge in [0.1, 0.15) is 0 Å². The number of hydrogen-bond acceptors (Lipinski definition) is 3. The summed E-state index contributed by atoms with van der Waals surface area (Å²) in [6, 6.07) is 0.0595. The van der Waals surface area contributed by atoms with Crippen molar-refractivity contribution in [2.45, 2.75) is 32.4 Å². The Morgan fingerprint density at radius 3 is 2.54 bits per heavy atom. The van der Waals surface area contributed by atoms with Crippen molar-refractivity contribution in [3.05, 3.63) is 0 Å². The Kier molecular flexibility index (Phi) is 3.24. The quantitative estimate of drug-likeness (QED) is 0.686. The van der Waals surface area contributed by atoms with Gasteiger partial charge in [-0.1, -0.05) is 0 Å². The molecule has 3 nitrogen and oxygen atoms in total. The zero-order chi connectivity index (χ0) is 10.1. The minimum Gasteiger partial charge on any atom is -0.350 e. The van der Waals surface area contributed by atoms with Crippen molar-refractivity contribution in [1.29, 1.82) is 0 Å². The highest BCUT2D eigenvalue weighted by Gasteiger charge is 2.30. The van der Waals surface area contributed by atoms with Crippen LogP contribution in [0.15, 0.2) is 0 Å². The van der Waals surface area contributed by atoms with Gasteiger partial charge in [-0.3, -0.25) is 9.69 Å². The first-order chi connectivity index (χ1) is 5.90. The lowest BCUT2D eigenvalue weighted by Crippen LogP contribution is -2.50. The van der Waals surface area contributed by atoms with Gasteiger partial charge in [0.15, 0.2) is 0 Å². The summed E-state index contributed by atoms with van der Waals surface area (Å²) in [5.41, 5.74) is -0.120. The normalized spacial score (nSPS) is 24.8. The van der Waals surface area contributed by atoms with Crippen molar-refractivity contribution < 1.29 is 4.79 Å². The van der Waals surface area contributed by atoms with Crippen molar-refractivity contribution in [3.8, 4) is 0 Å². The molecule has 1 unspecified atom stereocenters. The highest BCUT2D eigenvalue weighted by molar-refractivity contribution is 7.99. The second kappa shape index (κ2) is 3.88. The molecular formula is C9H18N2OS. The highest BCUT2D eigenvalue weighted by Crippen LogP contribution is 2.19. The third-order valence-corrected chi connectivity index (χ3v) is 3.04. The zero-order valence-electron chi connectivity index (χ0n) is 8.76. The summed E-state index contributed by atoms with van der Waals surface area (Å²) >= 11 is 1.81. The smallest absolute Gasteiger partial charge is 0.238 e. The summed E-state index contributed by atoms with van der Waals surface area (Å²) in [5.74, 6) is 2.03. The number of nitrogens with zero attached hydrogens (tertiary/aromatic N) is 1. The predicted octanol–water partition coefficient (Wildman–Crippen LogP) is 0.906. The molecule has 0 aromatic carbocycles. The van der Waals surface area contributed by atoms with Gasteiger partial charge in [0.25, 0.3) is 0 Å². The van der Waals surface area contributed by atoms with E-state index >= 15 is 0 Å². The van der Waals surface area contributed by atoms with Gasteiger partial charge in [-0.25, -0.2) is 0 Å². The molecule has 1 saturated heterocycles. The third kappa shape index (κ3) is 3.19. The van der Waals surface area contributed by atoms with Crippen LogP contribution in [0.5, 0.6) is 0 Å². The van der Waals surface area contributed by atoms with E-state index in [0.29, 0.717) is 0 Å². The number of carbonyl (C=O) groups is 1. The average Bonchev–Trinajstić information content (AvgIpc) is 2.30. The molecule has 1 atom stereocenters. The first kappa shape index (κ1) is 10.9. The summed E-state index contributed by atoms with van der Waals surface area (Å²) in [5, 5.41) is 3.00. The molecule has 1 N–H and O–H groups in total. The number of thioether (sulfide) groups is 1. The lowest BCUT2D eigenvalue weighted by molar-refractivity contribution is -0.126. The van der Waals surface area contributed by atoms with Crippen molar-refractivity contribution in [3.63, 3.8) is 0 Å². The monoisotopic (exact) mass is 202 g/mol. The molecule has 1 heterocycles. The molecule has 0 aromatic heterocycles. The van der Waals surface area contributed by atoms with Crippen molar-refractivity contribution in [2.75, 3.05) is 18.7 Å². The fraction of sp³-hybridized carbons (Fsp3) is 0.889. The van der Waals surface area contributed by atoms with Crippen LogP contribution in [-0.4, -0.2) is 41.1 Å². The second-order valence-electron chi connectivity index (χ2n) is 4.51. The maximum Gasteiger partial charge on any atom is 0.238 e. The molecule has 0 bridgehead atoms. The Hall–Kier alpha value is -0.220. The number of rotatable bonds is 1. The lowest BCUT2D eigenvalue weighted by Gasteiger charge is -2.25. The fourth-order valence-electron chi connectivity index (χ4n) is 1.25. The Morgan fingerprint density at radius 2 is 2.15 bits per heavy atom. The van der Waals surface area contributed by atoms with Crippen LogP contribution in [0.1, 0.15) is 20.8 Å². The van der Waals surface area contributed by atoms with Gasteiger partial charge in [0.2, 0.25) is 5.91 Å². The van der Waals surface area contributed by atoms with Gasteiger partial charge >= 0.3 is 0 Å². The van der Waals surface area contributed by atoms with Crippen LogP contribution >= 0.6 is 11.8 Å². The van der Waals surface area contributed by atoms with Gasteiger partial charge in [-0.15, -0.1) is 11.8 Å². The van der Waals surface area contributed by atoms with Gasteiger partial charge in [0, 0.05) is 17.2 Å². The summed E-state index contributed by atoms with van der Waals surface area (Å²) in [7, 11) is 1.99. The number of nitrogens with one attached hydrogen (secondary N) is 1. The van der Waals surface area contributed by atoms with Gasteiger partial charge in [-0.2, -0.15) is 0 Å². The molecule has 0 aliphatic carbocycles. The number of amides is 1. The molecule has 13 heavy (non-hydrogen) atoms. The molecule has 0 aromatic rings. The first-order valence-electron chi connectivity index (χ1n) is 4.50. The minimum absolute atomic E-state index is 0.0595. The van der Waals surface area contributed by atoms with E-state index in [4.69, 9.17) is 0 Å². The number of carbonyl (C=O) groups excluding carboxylic acids is 1. The molecule has 76 valence electrons. The number of likely N-dealkylation sites (N-methyl/N-ethyl adjacent to an activating group) is 1. The van der Waals surface area contributed by atoms with Crippen molar-refractivity contribution in [2.24, 2.45) is 0 Å². The van der Waals surface area contributed by atoms with Crippen LogP contribution in [0.3, 0.4) is 0 Å². The fourth-order valence-corrected chi connectivity index (χ4v) is 2.46. The van der Waals surface area contributed by atoms with E-state index in [9.17, 15) is 4.79 Å². The largest absolute Gasteiger partial charge is 0.350 e. The second-order valence-corrected chi connectivity index (χ2v) is 5.51. The molecule has 1 aliphatic rings. The van der Waals surface area contributed by atoms with Crippen LogP contribution in [0, 0.1) is 0 Å². The standard InChI is InChI=1S/C9H18N2OS/c1-9(2,3)10-8(12)7-5-13-6-11(7)4/h7H,5-6H2,1-4H3,(H,10,12). The summed E-state index contributed by atoms with van der Waals surface area (Å²) < 4.78 is 0. The maximum atomic E-state index is 11.7. The topological polar surface area (TPSA) is 32.3 Å². The van der Waals surface area contributed by atoms with Crippen molar-refractivity contribution in [1.82, 2.24) is 10.2 Å². The number of hydrogen-bond donors (Lipinski definition) is 1. The van der Waals surface area contributed by atoms with E-state index in [1.54, 1.807) is 0 Å². The Labute approximate surface area is 84.2 Å². The van der Waals surface area contributed by atoms with Crippen LogP contribution in [-0.2, 0) is 4.79 Å². The Bertz CT molecular complexity index is 200.